The van der Waals surface area contributed by atoms with Crippen molar-refractivity contribution in [2.75, 3.05) is 0 Å². The number of aromatic nitrogens is 1. The van der Waals surface area contributed by atoms with Crippen molar-refractivity contribution in [1.29, 1.82) is 0 Å². The fourth-order valence-electron chi connectivity index (χ4n) is 4.06. The van der Waals surface area contributed by atoms with Gasteiger partial charge in [0, 0.05) is 30.1 Å². The largest absolute Gasteiger partial charge is 0.356 e. The molecule has 0 spiro atoms. The number of nitrogens with zero attached hydrogens (tertiary/aromatic N) is 1. The third kappa shape index (κ3) is 4.33. The summed E-state index contributed by atoms with van der Waals surface area (Å²) in [6.45, 7) is 0. The quantitative estimate of drug-likeness (QED) is 0.336. The predicted octanol–water partition coefficient (Wildman–Crippen LogP) is 4.54. The molecule has 156 valence electrons. The zero-order valence-electron chi connectivity index (χ0n) is 18.0. The van der Waals surface area contributed by atoms with Crippen LogP contribution in [0.25, 0.3) is 0 Å². The number of rotatable bonds is 6. The lowest BCUT2D eigenvalue weighted by atomic mass is 10.4. The Bertz CT molecular complexity index is 1090. The Morgan fingerprint density at radius 2 is 0.656 bits per heavy atom. The molecule has 4 aromatic carbocycles. The van der Waals surface area contributed by atoms with E-state index < -0.39 is 15.8 Å². The Hall–Kier alpha value is -2.98. The molecule has 32 heavy (non-hydrogen) atoms. The zero-order valence-corrected chi connectivity index (χ0v) is 19.8. The average molecular weight is 449 g/mol. The summed E-state index contributed by atoms with van der Waals surface area (Å²) in [5.41, 5.74) is 0. The van der Waals surface area contributed by atoms with Gasteiger partial charge in [0.25, 0.3) is 0 Å². The van der Waals surface area contributed by atoms with Gasteiger partial charge in [-0.25, -0.2) is 0 Å². The maximum atomic E-state index is 2.35. The molecule has 1 heterocycles. The Balaban J connectivity index is 1.74. The molecule has 0 bridgehead atoms. The maximum Gasteiger partial charge on any atom is 0.0122 e. The summed E-state index contributed by atoms with van der Waals surface area (Å²) in [7, 11) is 0.825. The van der Waals surface area contributed by atoms with E-state index in [0.29, 0.717) is 0 Å². The van der Waals surface area contributed by atoms with Gasteiger partial charge in [-0.15, -0.1) is 0 Å². The summed E-state index contributed by atoms with van der Waals surface area (Å²) in [4.78, 5) is 0. The molecule has 0 saturated heterocycles. The van der Waals surface area contributed by atoms with Gasteiger partial charge >= 0.3 is 0 Å². The van der Waals surface area contributed by atoms with Gasteiger partial charge in [-0.3, -0.25) is 0 Å². The first-order chi connectivity index (χ1) is 15.8. The Kier molecular flexibility index (Phi) is 6.31. The van der Waals surface area contributed by atoms with Crippen molar-refractivity contribution in [1.82, 2.24) is 4.57 Å². The lowest BCUT2D eigenvalue weighted by molar-refractivity contribution is 0.932. The normalized spacial score (nSPS) is 11.2. The van der Waals surface area contributed by atoms with Gasteiger partial charge in [0.05, 0.1) is 0 Å². The van der Waals surface area contributed by atoms with E-state index in [4.69, 9.17) is 0 Å². The van der Waals surface area contributed by atoms with Crippen molar-refractivity contribution >= 4 is 47.7 Å². The highest BCUT2D eigenvalue weighted by Gasteiger charge is 2.27. The van der Waals surface area contributed by atoms with E-state index in [1.54, 1.807) is 0 Å². The third-order valence-electron chi connectivity index (χ3n) is 5.45. The molecule has 0 amide bonds. The second-order valence-electron chi connectivity index (χ2n) is 7.71. The molecule has 0 aliphatic rings. The molecule has 0 aliphatic heterocycles. The van der Waals surface area contributed by atoms with E-state index in [2.05, 4.69) is 145 Å². The molecule has 0 saturated carbocycles. The molecule has 1 aromatic heterocycles. The van der Waals surface area contributed by atoms with Crippen molar-refractivity contribution in [3.05, 3.63) is 134 Å². The van der Waals surface area contributed by atoms with Gasteiger partial charge in [-0.05, 0) is 37.1 Å². The summed E-state index contributed by atoms with van der Waals surface area (Å²) < 4.78 is 2.24. The van der Waals surface area contributed by atoms with Crippen molar-refractivity contribution in [3.8, 4) is 0 Å². The molecule has 0 atom stereocenters. The van der Waals surface area contributed by atoms with Crippen molar-refractivity contribution < 1.29 is 0 Å². The van der Waals surface area contributed by atoms with Gasteiger partial charge in [0.2, 0.25) is 0 Å². The van der Waals surface area contributed by atoms with Crippen LogP contribution in [0.5, 0.6) is 0 Å². The highest BCUT2D eigenvalue weighted by atomic mass is 31.1. The lowest BCUT2D eigenvalue weighted by Gasteiger charge is -2.24. The second-order valence-corrected chi connectivity index (χ2v) is 12.1. The summed E-state index contributed by atoms with van der Waals surface area (Å²) in [6, 6.07) is 43.9. The van der Waals surface area contributed by atoms with Crippen LogP contribution in [0.15, 0.2) is 134 Å². The standard InChI is InChI=1S/C29H25NP2/c1-30-22-28(31(24-14-6-2-7-15-24)25-16-8-3-9-17-25)29(23-30)32(26-18-10-4-11-19-26)27-20-12-5-13-21-27/h2-23H,1H3. The zero-order chi connectivity index (χ0) is 21.8. The number of hydrogen-bond donors (Lipinski definition) is 0. The first kappa shape index (κ1) is 20.9. The van der Waals surface area contributed by atoms with E-state index in [1.165, 1.54) is 31.8 Å². The predicted molar refractivity (Wildman–Crippen MR) is 143 cm³/mol. The highest BCUT2D eigenvalue weighted by Crippen LogP contribution is 2.39. The molecule has 5 aromatic rings. The first-order valence-corrected chi connectivity index (χ1v) is 13.5. The van der Waals surface area contributed by atoms with Crippen molar-refractivity contribution in [2.24, 2.45) is 7.05 Å². The van der Waals surface area contributed by atoms with E-state index in [1.807, 2.05) is 0 Å². The Morgan fingerprint density at radius 3 is 0.906 bits per heavy atom. The number of hydrogen-bond acceptors (Lipinski definition) is 0. The average Bonchev–Trinajstić information content (AvgIpc) is 3.22. The van der Waals surface area contributed by atoms with Crippen LogP contribution in [0.2, 0.25) is 0 Å². The van der Waals surface area contributed by atoms with Crippen LogP contribution in [0.4, 0.5) is 0 Å². The van der Waals surface area contributed by atoms with Crippen molar-refractivity contribution in [2.45, 2.75) is 0 Å². The topological polar surface area (TPSA) is 4.93 Å². The Labute approximate surface area is 192 Å². The Morgan fingerprint density at radius 1 is 0.406 bits per heavy atom. The number of aryl methyl sites for hydroxylation is 1. The van der Waals surface area contributed by atoms with Crippen LogP contribution in [-0.2, 0) is 7.05 Å². The molecule has 0 unspecified atom stereocenters. The minimum absolute atomic E-state index is 0.664. The minimum atomic E-state index is -0.664. The molecular formula is C29H25NP2. The third-order valence-corrected chi connectivity index (χ3v) is 10.6. The minimum Gasteiger partial charge on any atom is -0.356 e. The highest BCUT2D eigenvalue weighted by molar-refractivity contribution is 7.85. The lowest BCUT2D eigenvalue weighted by Crippen LogP contribution is -2.32. The van der Waals surface area contributed by atoms with E-state index >= 15 is 0 Å². The van der Waals surface area contributed by atoms with Gasteiger partial charge in [0.15, 0.2) is 0 Å². The van der Waals surface area contributed by atoms with Gasteiger partial charge in [-0.1, -0.05) is 121 Å². The van der Waals surface area contributed by atoms with Crippen molar-refractivity contribution in [3.63, 3.8) is 0 Å². The molecule has 0 fully saturated rings. The van der Waals surface area contributed by atoms with Crippen LogP contribution in [0.1, 0.15) is 0 Å². The summed E-state index contributed by atoms with van der Waals surface area (Å²) in [5.74, 6) is 0. The van der Waals surface area contributed by atoms with Crippen LogP contribution >= 0.6 is 15.8 Å². The molecule has 0 N–H and O–H groups in total. The van der Waals surface area contributed by atoms with Gasteiger partial charge < -0.3 is 4.57 Å². The second kappa shape index (κ2) is 9.66. The summed E-state index contributed by atoms with van der Waals surface area (Å²) in [6.07, 6.45) is 4.70. The fraction of sp³-hybridized carbons (Fsp3) is 0.0345. The van der Waals surface area contributed by atoms with E-state index in [9.17, 15) is 0 Å². The van der Waals surface area contributed by atoms with Crippen LogP contribution in [0, 0.1) is 0 Å². The number of benzene rings is 4. The fourth-order valence-corrected chi connectivity index (χ4v) is 9.42. The van der Waals surface area contributed by atoms with Crippen LogP contribution < -0.4 is 31.8 Å². The van der Waals surface area contributed by atoms with Crippen LogP contribution in [0.3, 0.4) is 0 Å². The van der Waals surface area contributed by atoms with Crippen LogP contribution in [-0.4, -0.2) is 4.57 Å². The molecule has 5 rings (SSSR count). The summed E-state index contributed by atoms with van der Waals surface area (Å²) >= 11 is 0. The first-order valence-electron chi connectivity index (χ1n) is 10.8. The molecule has 0 aliphatic carbocycles. The molecule has 0 radical (unpaired) electrons. The SMILES string of the molecule is Cn1cc(P(c2ccccc2)c2ccccc2)c(P(c2ccccc2)c2ccccc2)c1. The molecular weight excluding hydrogens is 424 g/mol. The monoisotopic (exact) mass is 449 g/mol. The smallest absolute Gasteiger partial charge is 0.0122 e. The van der Waals surface area contributed by atoms with Gasteiger partial charge in [-0.2, -0.15) is 0 Å². The van der Waals surface area contributed by atoms with E-state index in [-0.39, 0.29) is 0 Å². The van der Waals surface area contributed by atoms with Gasteiger partial charge in [0.1, 0.15) is 0 Å². The molecule has 1 nitrogen and oxygen atoms in total. The summed E-state index contributed by atoms with van der Waals surface area (Å²) in [5, 5.41) is 8.43. The van der Waals surface area contributed by atoms with E-state index in [0.717, 1.165) is 0 Å². The maximum absolute atomic E-state index is 2.35. The molecule has 3 heteroatoms.